The van der Waals surface area contributed by atoms with Gasteiger partial charge in [-0.2, -0.15) is 13.2 Å². The van der Waals surface area contributed by atoms with E-state index in [0.29, 0.717) is 31.6 Å². The summed E-state index contributed by atoms with van der Waals surface area (Å²) in [5.41, 5.74) is -3.96. The van der Waals surface area contributed by atoms with Gasteiger partial charge in [0.1, 0.15) is 5.75 Å². The van der Waals surface area contributed by atoms with Gasteiger partial charge in [-0.15, -0.1) is 0 Å². The molecule has 0 spiro atoms. The number of aliphatic hydroxyl groups is 1. The fourth-order valence-electron chi connectivity index (χ4n) is 5.05. The van der Waals surface area contributed by atoms with Crippen LogP contribution >= 0.6 is 11.6 Å². The van der Waals surface area contributed by atoms with Gasteiger partial charge in [-0.05, 0) is 49.8 Å². The molecular formula is C28H30ClF5N2O4. The molecule has 0 radical (unpaired) electrons. The van der Waals surface area contributed by atoms with Gasteiger partial charge in [0.2, 0.25) is 0 Å². The molecular weight excluding hydrogens is 559 g/mol. The minimum atomic E-state index is -5.16. The molecule has 0 bridgehead atoms. The van der Waals surface area contributed by atoms with Crippen LogP contribution < -0.4 is 4.74 Å². The van der Waals surface area contributed by atoms with Crippen LogP contribution in [0.5, 0.6) is 5.75 Å². The van der Waals surface area contributed by atoms with E-state index in [9.17, 15) is 36.6 Å². The van der Waals surface area contributed by atoms with Crippen LogP contribution in [0.1, 0.15) is 48.0 Å². The van der Waals surface area contributed by atoms with Crippen molar-refractivity contribution in [2.45, 2.75) is 49.8 Å². The van der Waals surface area contributed by atoms with E-state index in [0.717, 1.165) is 34.8 Å². The quantitative estimate of drug-likeness (QED) is 0.303. The second kappa shape index (κ2) is 11.9. The molecule has 2 aliphatic heterocycles. The van der Waals surface area contributed by atoms with Crippen molar-refractivity contribution in [2.24, 2.45) is 5.92 Å². The lowest BCUT2D eigenvalue weighted by molar-refractivity contribution is -0.262. The molecule has 218 valence electrons. The fraction of sp³-hybridized carbons (Fsp3) is 0.500. The van der Waals surface area contributed by atoms with Crippen molar-refractivity contribution in [1.82, 2.24) is 9.80 Å². The topological polar surface area (TPSA) is 70.1 Å². The number of halogens is 6. The summed E-state index contributed by atoms with van der Waals surface area (Å²) in [6, 6.07) is 10.9. The van der Waals surface area contributed by atoms with Crippen LogP contribution in [0.25, 0.3) is 0 Å². The Morgan fingerprint density at radius 3 is 2.23 bits per heavy atom. The average molecular weight is 589 g/mol. The highest BCUT2D eigenvalue weighted by molar-refractivity contribution is 6.34. The number of rotatable bonds is 9. The summed E-state index contributed by atoms with van der Waals surface area (Å²) in [5, 5.41) is 10.6. The Balaban J connectivity index is 1.19. The van der Waals surface area contributed by atoms with Crippen molar-refractivity contribution in [3.63, 3.8) is 0 Å². The number of carbonyl (C=O) groups excluding carboxylic acids is 2. The molecule has 1 N–H and O–H groups in total. The van der Waals surface area contributed by atoms with Crippen molar-refractivity contribution in [3.05, 3.63) is 64.7 Å². The molecule has 40 heavy (non-hydrogen) atoms. The summed E-state index contributed by atoms with van der Waals surface area (Å²) >= 11 is 6.16. The van der Waals surface area contributed by atoms with E-state index >= 15 is 0 Å². The molecule has 0 saturated carbocycles. The van der Waals surface area contributed by atoms with E-state index in [4.69, 9.17) is 16.3 Å². The number of hydrogen-bond acceptors (Lipinski definition) is 4. The average Bonchev–Trinajstić information content (AvgIpc) is 2.90. The minimum absolute atomic E-state index is 0.115. The zero-order valence-electron chi connectivity index (χ0n) is 21.6. The van der Waals surface area contributed by atoms with Gasteiger partial charge in [0.05, 0.1) is 30.3 Å². The Bertz CT molecular complexity index is 1200. The van der Waals surface area contributed by atoms with Gasteiger partial charge in [-0.1, -0.05) is 48.4 Å². The minimum Gasteiger partial charge on any atom is -0.494 e. The van der Waals surface area contributed by atoms with Crippen molar-refractivity contribution in [3.8, 4) is 5.75 Å². The van der Waals surface area contributed by atoms with Gasteiger partial charge >= 0.3 is 6.18 Å². The molecule has 0 unspecified atom stereocenters. The number of amides is 2. The number of piperidine rings is 1. The number of benzene rings is 2. The maximum Gasteiger partial charge on any atom is 0.430 e. The highest BCUT2D eigenvalue weighted by atomic mass is 35.5. The van der Waals surface area contributed by atoms with E-state index in [1.54, 1.807) is 6.07 Å². The van der Waals surface area contributed by atoms with Crippen molar-refractivity contribution in [1.29, 1.82) is 0 Å². The van der Waals surface area contributed by atoms with Gasteiger partial charge in [0.15, 0.2) is 0 Å². The third-order valence-electron chi connectivity index (χ3n) is 7.39. The summed E-state index contributed by atoms with van der Waals surface area (Å²) in [4.78, 5) is 27.3. The summed E-state index contributed by atoms with van der Waals surface area (Å²) in [5.74, 6) is -4.10. The maximum absolute atomic E-state index is 13.8. The summed E-state index contributed by atoms with van der Waals surface area (Å²) in [6.07, 6.45) is -1.80. The number of likely N-dealkylation sites (tertiary alicyclic amines) is 2. The largest absolute Gasteiger partial charge is 0.494 e. The molecule has 12 heteroatoms. The highest BCUT2D eigenvalue weighted by Gasteiger charge is 2.62. The molecule has 0 aliphatic carbocycles. The number of carbonyl (C=O) groups is 2. The number of alkyl halides is 5. The smallest absolute Gasteiger partial charge is 0.430 e. The van der Waals surface area contributed by atoms with Crippen molar-refractivity contribution in [2.75, 3.05) is 32.8 Å². The monoisotopic (exact) mass is 588 g/mol. The normalized spacial score (nSPS) is 19.1. The summed E-state index contributed by atoms with van der Waals surface area (Å²) in [6.45, 7) is -0.624. The SMILES string of the molecule is O=C(c1ccc(OCCCCC2CCN(C(=O)[C@@](O)(c3ccccc3)C(F)(F)F)CC2)cc1Cl)N1CC(F)(F)C1. The first-order chi connectivity index (χ1) is 18.8. The number of hydrogen-bond donors (Lipinski definition) is 1. The van der Waals surface area contributed by atoms with Crippen LogP contribution in [0.2, 0.25) is 5.02 Å². The van der Waals surface area contributed by atoms with Crippen LogP contribution in [0.4, 0.5) is 22.0 Å². The fourth-order valence-corrected chi connectivity index (χ4v) is 5.30. The van der Waals surface area contributed by atoms with Gasteiger partial charge in [-0.3, -0.25) is 9.59 Å². The van der Waals surface area contributed by atoms with Crippen LogP contribution in [0.15, 0.2) is 48.5 Å². The zero-order chi connectivity index (χ0) is 29.1. The van der Waals surface area contributed by atoms with Crippen LogP contribution in [0, 0.1) is 5.92 Å². The van der Waals surface area contributed by atoms with Gasteiger partial charge in [-0.25, -0.2) is 8.78 Å². The first-order valence-electron chi connectivity index (χ1n) is 13.1. The third kappa shape index (κ3) is 6.52. The number of nitrogens with zero attached hydrogens (tertiary/aromatic N) is 2. The molecule has 1 atom stereocenters. The van der Waals surface area contributed by atoms with Crippen LogP contribution in [0.3, 0.4) is 0 Å². The summed E-state index contributed by atoms with van der Waals surface area (Å²) < 4.78 is 73.2. The number of ether oxygens (including phenoxy) is 1. The molecule has 2 heterocycles. The van der Waals surface area contributed by atoms with E-state index in [2.05, 4.69) is 0 Å². The molecule has 2 aromatic rings. The standard InChI is InChI=1S/C28H30ClF5N2O4/c29-23-16-21(9-10-22(23)24(37)36-17-26(30,31)18-36)40-15-5-4-6-19-11-13-35(14-12-19)25(38)27(39,28(32,33)34)20-7-2-1-3-8-20/h1-3,7-10,16,19,39H,4-6,11-15,17-18H2/t27-/m0/s1. The molecule has 4 rings (SSSR count). The lowest BCUT2D eigenvalue weighted by atomic mass is 9.88. The van der Waals surface area contributed by atoms with Gasteiger partial charge in [0.25, 0.3) is 23.3 Å². The third-order valence-corrected chi connectivity index (χ3v) is 7.70. The molecule has 2 aliphatic rings. The molecule has 2 fully saturated rings. The lowest BCUT2D eigenvalue weighted by Crippen LogP contribution is -2.58. The zero-order valence-corrected chi connectivity index (χ0v) is 22.4. The van der Waals surface area contributed by atoms with E-state index < -0.39 is 48.2 Å². The number of unbranched alkanes of at least 4 members (excludes halogenated alkanes) is 1. The Morgan fingerprint density at radius 1 is 1.00 bits per heavy atom. The Kier molecular flexibility index (Phi) is 8.94. The predicted molar refractivity (Wildman–Crippen MR) is 137 cm³/mol. The van der Waals surface area contributed by atoms with E-state index in [1.807, 2.05) is 0 Å². The predicted octanol–water partition coefficient (Wildman–Crippen LogP) is 5.67. The van der Waals surface area contributed by atoms with Crippen LogP contribution in [-0.4, -0.2) is 71.6 Å². The van der Waals surface area contributed by atoms with Crippen molar-refractivity contribution >= 4 is 23.4 Å². The lowest BCUT2D eigenvalue weighted by Gasteiger charge is -2.38. The van der Waals surface area contributed by atoms with Crippen LogP contribution in [-0.2, 0) is 10.4 Å². The second-order valence-electron chi connectivity index (χ2n) is 10.3. The molecule has 2 amide bonds. The van der Waals surface area contributed by atoms with E-state index in [-0.39, 0.29) is 29.6 Å². The molecule has 0 aromatic heterocycles. The van der Waals surface area contributed by atoms with Crippen molar-refractivity contribution < 1.29 is 41.4 Å². The molecule has 6 nitrogen and oxygen atoms in total. The maximum atomic E-state index is 13.8. The van der Waals surface area contributed by atoms with E-state index in [1.165, 1.54) is 30.3 Å². The highest BCUT2D eigenvalue weighted by Crippen LogP contribution is 2.41. The van der Waals surface area contributed by atoms with Gasteiger partial charge < -0.3 is 19.6 Å². The Hall–Kier alpha value is -2.92. The second-order valence-corrected chi connectivity index (χ2v) is 10.7. The summed E-state index contributed by atoms with van der Waals surface area (Å²) in [7, 11) is 0. The molecule has 2 saturated heterocycles. The first kappa shape index (κ1) is 30.0. The Morgan fingerprint density at radius 2 is 1.65 bits per heavy atom. The molecule has 2 aromatic carbocycles. The van der Waals surface area contributed by atoms with Gasteiger partial charge in [0, 0.05) is 18.7 Å². The Labute approximate surface area is 233 Å². The first-order valence-corrected chi connectivity index (χ1v) is 13.4.